The number of nitrogens with one attached hydrogen (secondary N) is 1. The fourth-order valence-corrected chi connectivity index (χ4v) is 2.53. The topological polar surface area (TPSA) is 51.0 Å². The third-order valence-corrected chi connectivity index (χ3v) is 3.84. The largest absolute Gasteiger partial charge is 0.420 e. The van der Waals surface area contributed by atoms with Gasteiger partial charge in [-0.3, -0.25) is 0 Å². The van der Waals surface area contributed by atoms with Crippen molar-refractivity contribution in [2.45, 2.75) is 6.42 Å². The molecule has 0 spiro atoms. The summed E-state index contributed by atoms with van der Waals surface area (Å²) >= 11 is 17.3. The van der Waals surface area contributed by atoms with Gasteiger partial charge >= 0.3 is 0 Å². The van der Waals surface area contributed by atoms with Crippen LogP contribution in [0.15, 0.2) is 52.9 Å². The first-order chi connectivity index (χ1) is 11.1. The van der Waals surface area contributed by atoms with E-state index in [-0.39, 0.29) is 0 Å². The maximum atomic E-state index is 6.12. The molecule has 2 aromatic carbocycles. The number of aromatic nitrogens is 2. The van der Waals surface area contributed by atoms with Crippen LogP contribution in [0.5, 0.6) is 0 Å². The first kappa shape index (κ1) is 15.9. The summed E-state index contributed by atoms with van der Waals surface area (Å²) in [5.41, 5.74) is 1.55. The Morgan fingerprint density at radius 2 is 1.78 bits per heavy atom. The van der Waals surface area contributed by atoms with Crippen molar-refractivity contribution in [2.24, 2.45) is 0 Å². The average molecular weight is 364 g/mol. The zero-order valence-electron chi connectivity index (χ0n) is 11.8. The third kappa shape index (κ3) is 4.07. The monoisotopic (exact) mass is 363 g/mol. The third-order valence-electron chi connectivity index (χ3n) is 3.01. The summed E-state index contributed by atoms with van der Waals surface area (Å²) in [5, 5.41) is 12.3. The van der Waals surface area contributed by atoms with Gasteiger partial charge in [0.25, 0.3) is 0 Å². The average Bonchev–Trinajstić information content (AvgIpc) is 2.98. The van der Waals surface area contributed by atoms with Crippen LogP contribution in [0.4, 0.5) is 5.69 Å². The molecule has 3 rings (SSSR count). The van der Waals surface area contributed by atoms with Crippen LogP contribution in [0, 0.1) is 0 Å². The minimum Gasteiger partial charge on any atom is -0.420 e. The first-order valence-corrected chi connectivity index (χ1v) is 7.91. The molecule has 1 heterocycles. The molecule has 0 saturated heterocycles. The van der Waals surface area contributed by atoms with Crippen LogP contribution in [0.3, 0.4) is 0 Å². The number of hydrogen-bond acceptors (Lipinski definition) is 4. The quantitative estimate of drug-likeness (QED) is 0.659. The van der Waals surface area contributed by atoms with Gasteiger partial charge < -0.3 is 9.73 Å². The number of rotatable bonds is 4. The molecular formula is C16H11Cl2N3OS. The summed E-state index contributed by atoms with van der Waals surface area (Å²) in [7, 11) is 0. The van der Waals surface area contributed by atoms with Crippen LogP contribution in [0.2, 0.25) is 10.0 Å². The number of hydrogen-bond donors (Lipinski definition) is 1. The molecule has 0 radical (unpaired) electrons. The summed E-state index contributed by atoms with van der Waals surface area (Å²) in [4.78, 5) is 0.571. The Labute approximate surface area is 148 Å². The highest BCUT2D eigenvalue weighted by Gasteiger charge is 2.12. The molecule has 0 unspecified atom stereocenters. The zero-order chi connectivity index (χ0) is 16.2. The van der Waals surface area contributed by atoms with Gasteiger partial charge in [-0.25, -0.2) is 0 Å². The van der Waals surface area contributed by atoms with E-state index < -0.39 is 0 Å². The molecule has 23 heavy (non-hydrogen) atoms. The Bertz CT molecular complexity index is 833. The highest BCUT2D eigenvalue weighted by atomic mass is 35.5. The number of halogens is 2. The Morgan fingerprint density at radius 3 is 2.52 bits per heavy atom. The highest BCUT2D eigenvalue weighted by molar-refractivity contribution is 7.80. The van der Waals surface area contributed by atoms with Crippen LogP contribution in [-0.2, 0) is 6.42 Å². The predicted molar refractivity (Wildman–Crippen MR) is 96.1 cm³/mol. The molecule has 0 amide bonds. The first-order valence-electron chi connectivity index (χ1n) is 6.74. The Kier molecular flexibility index (Phi) is 4.91. The van der Waals surface area contributed by atoms with E-state index >= 15 is 0 Å². The van der Waals surface area contributed by atoms with Crippen molar-refractivity contribution in [1.29, 1.82) is 0 Å². The van der Waals surface area contributed by atoms with E-state index in [1.54, 1.807) is 18.2 Å². The number of anilines is 1. The molecule has 1 N–H and O–H groups in total. The molecule has 3 aromatic rings. The molecule has 4 nitrogen and oxygen atoms in total. The molecule has 0 atom stereocenters. The van der Waals surface area contributed by atoms with Crippen molar-refractivity contribution in [2.75, 3.05) is 5.32 Å². The van der Waals surface area contributed by atoms with Gasteiger partial charge in [-0.2, -0.15) is 0 Å². The smallest absolute Gasteiger partial charge is 0.249 e. The molecule has 1 aromatic heterocycles. The lowest BCUT2D eigenvalue weighted by Crippen LogP contribution is -2.12. The van der Waals surface area contributed by atoms with Crippen molar-refractivity contribution >= 4 is 46.1 Å². The molecule has 0 aliphatic rings. The molecule has 0 aliphatic heterocycles. The molecule has 7 heteroatoms. The van der Waals surface area contributed by atoms with Gasteiger partial charge in [-0.05, 0) is 36.4 Å². The summed E-state index contributed by atoms with van der Waals surface area (Å²) in [6, 6.07) is 14.6. The van der Waals surface area contributed by atoms with E-state index in [1.807, 2.05) is 30.3 Å². The van der Waals surface area contributed by atoms with E-state index in [2.05, 4.69) is 15.5 Å². The summed E-state index contributed by atoms with van der Waals surface area (Å²) < 4.78 is 5.62. The van der Waals surface area contributed by atoms with Gasteiger partial charge in [0.15, 0.2) is 0 Å². The lowest BCUT2D eigenvalue weighted by Gasteiger charge is -2.05. The maximum Gasteiger partial charge on any atom is 0.249 e. The van der Waals surface area contributed by atoms with Crippen molar-refractivity contribution in [3.63, 3.8) is 0 Å². The minimum absolute atomic E-state index is 0.343. The van der Waals surface area contributed by atoms with Gasteiger partial charge in [0.2, 0.25) is 11.8 Å². The fourth-order valence-electron chi connectivity index (χ4n) is 1.94. The van der Waals surface area contributed by atoms with E-state index in [0.29, 0.717) is 38.8 Å². The fraction of sp³-hybridized carbons (Fsp3) is 0.0625. The molecule has 116 valence electrons. The molecule has 0 saturated carbocycles. The lowest BCUT2D eigenvalue weighted by atomic mass is 10.2. The van der Waals surface area contributed by atoms with Crippen LogP contribution >= 0.6 is 35.4 Å². The van der Waals surface area contributed by atoms with Gasteiger partial charge in [0.05, 0.1) is 22.0 Å². The van der Waals surface area contributed by atoms with Crippen LogP contribution < -0.4 is 5.32 Å². The second kappa shape index (κ2) is 7.08. The molecule has 0 fully saturated rings. The summed E-state index contributed by atoms with van der Waals surface area (Å²) in [5.74, 6) is 0.797. The molecule has 0 aliphatic carbocycles. The second-order valence-corrected chi connectivity index (χ2v) is 6.05. The Morgan fingerprint density at radius 1 is 1.04 bits per heavy atom. The van der Waals surface area contributed by atoms with Crippen molar-refractivity contribution in [3.05, 3.63) is 64.5 Å². The van der Waals surface area contributed by atoms with Gasteiger partial charge in [0.1, 0.15) is 0 Å². The number of nitrogens with zero attached hydrogens (tertiary/aromatic N) is 2. The van der Waals surface area contributed by atoms with Crippen LogP contribution in [0.1, 0.15) is 5.89 Å². The van der Waals surface area contributed by atoms with Gasteiger partial charge in [-0.1, -0.05) is 47.6 Å². The van der Waals surface area contributed by atoms with Gasteiger partial charge in [0, 0.05) is 10.7 Å². The summed E-state index contributed by atoms with van der Waals surface area (Å²) in [6.45, 7) is 0. The zero-order valence-corrected chi connectivity index (χ0v) is 14.1. The highest BCUT2D eigenvalue weighted by Crippen LogP contribution is 2.26. The summed E-state index contributed by atoms with van der Waals surface area (Å²) in [6.07, 6.45) is 0.343. The SMILES string of the molecule is S=C(Cc1nnc(-c2ccccc2Cl)o1)Nc1ccc(Cl)cc1. The van der Waals surface area contributed by atoms with Crippen LogP contribution in [0.25, 0.3) is 11.5 Å². The van der Waals surface area contributed by atoms with E-state index in [9.17, 15) is 0 Å². The standard InChI is InChI=1S/C16H11Cl2N3OS/c17-10-5-7-11(8-6-10)19-15(23)9-14-20-21-16(22-14)12-3-1-2-4-13(12)18/h1-8H,9H2,(H,19,23). The predicted octanol–water partition coefficient (Wildman–Crippen LogP) is 5.03. The lowest BCUT2D eigenvalue weighted by molar-refractivity contribution is 0.525. The maximum absolute atomic E-state index is 6.12. The molecule has 0 bridgehead atoms. The minimum atomic E-state index is 0.343. The van der Waals surface area contributed by atoms with E-state index in [0.717, 1.165) is 5.69 Å². The van der Waals surface area contributed by atoms with Crippen LogP contribution in [-0.4, -0.2) is 15.2 Å². The van der Waals surface area contributed by atoms with Crippen molar-refractivity contribution in [3.8, 4) is 11.5 Å². The normalized spacial score (nSPS) is 10.5. The number of thiocarbonyl (C=S) groups is 1. The van der Waals surface area contributed by atoms with Gasteiger partial charge in [-0.15, -0.1) is 10.2 Å². The number of benzene rings is 2. The Hall–Kier alpha value is -1.95. The van der Waals surface area contributed by atoms with E-state index in [1.165, 1.54) is 0 Å². The van der Waals surface area contributed by atoms with Crippen molar-refractivity contribution in [1.82, 2.24) is 10.2 Å². The van der Waals surface area contributed by atoms with Crippen molar-refractivity contribution < 1.29 is 4.42 Å². The Balaban J connectivity index is 1.68. The van der Waals surface area contributed by atoms with E-state index in [4.69, 9.17) is 39.8 Å². The second-order valence-electron chi connectivity index (χ2n) is 4.71. The molecular weight excluding hydrogens is 353 g/mol.